The van der Waals surface area contributed by atoms with Gasteiger partial charge in [-0.3, -0.25) is 4.79 Å². The summed E-state index contributed by atoms with van der Waals surface area (Å²) < 4.78 is 5.50. The van der Waals surface area contributed by atoms with Crippen LogP contribution in [0.2, 0.25) is 0 Å². The van der Waals surface area contributed by atoms with Gasteiger partial charge in [-0.25, -0.2) is 0 Å². The van der Waals surface area contributed by atoms with E-state index in [1.165, 1.54) is 13.2 Å². The molecule has 1 rings (SSSR count). The van der Waals surface area contributed by atoms with Gasteiger partial charge >= 0.3 is 5.97 Å². The second-order valence-electron chi connectivity index (χ2n) is 2.85. The summed E-state index contributed by atoms with van der Waals surface area (Å²) in [5, 5.41) is 0. The van der Waals surface area contributed by atoms with E-state index in [0.717, 1.165) is 10.0 Å². The molecule has 0 bridgehead atoms. The minimum atomic E-state index is -0.328. The first-order valence-corrected chi connectivity index (χ1v) is 5.24. The van der Waals surface area contributed by atoms with Gasteiger partial charge in [-0.15, -0.1) is 0 Å². The lowest BCUT2D eigenvalue weighted by Crippen LogP contribution is -1.88. The fourth-order valence-electron chi connectivity index (χ4n) is 0.951. The third-order valence-corrected chi connectivity index (χ3v) is 2.06. The number of carbonyl (C=O) groups is 1. The molecule has 0 amide bonds. The van der Waals surface area contributed by atoms with Crippen molar-refractivity contribution in [2.75, 3.05) is 0 Å². The predicted octanol–water partition coefficient (Wildman–Crippen LogP) is 3.50. The van der Waals surface area contributed by atoms with Crippen LogP contribution in [0.25, 0.3) is 6.08 Å². The Labute approximate surface area is 97.4 Å². The third kappa shape index (κ3) is 5.18. The van der Waals surface area contributed by atoms with Crippen molar-refractivity contribution in [1.29, 1.82) is 0 Å². The third-order valence-electron chi connectivity index (χ3n) is 1.57. The van der Waals surface area contributed by atoms with Gasteiger partial charge in [0.25, 0.3) is 0 Å². The van der Waals surface area contributed by atoms with E-state index in [2.05, 4.69) is 20.7 Å². The normalized spacial score (nSPS) is 11.7. The van der Waals surface area contributed by atoms with Crippen LogP contribution >= 0.6 is 15.9 Å². The number of allylic oxidation sites excluding steroid dienone is 2. The van der Waals surface area contributed by atoms with Crippen LogP contribution < -0.4 is 0 Å². The van der Waals surface area contributed by atoms with Crippen molar-refractivity contribution in [2.45, 2.75) is 6.92 Å². The minimum Gasteiger partial charge on any atom is -0.435 e. The Morgan fingerprint density at radius 1 is 1.33 bits per heavy atom. The van der Waals surface area contributed by atoms with E-state index in [0.29, 0.717) is 0 Å². The van der Waals surface area contributed by atoms with Gasteiger partial charge in [-0.2, -0.15) is 0 Å². The van der Waals surface area contributed by atoms with Crippen molar-refractivity contribution < 1.29 is 9.53 Å². The summed E-state index contributed by atoms with van der Waals surface area (Å²) in [4.78, 5) is 10.5. The van der Waals surface area contributed by atoms with Gasteiger partial charge < -0.3 is 4.74 Å². The van der Waals surface area contributed by atoms with Gasteiger partial charge in [0, 0.05) is 11.4 Å². The first-order chi connectivity index (χ1) is 7.18. The van der Waals surface area contributed by atoms with E-state index >= 15 is 0 Å². The Bertz CT molecular complexity index is 380. The topological polar surface area (TPSA) is 26.3 Å². The summed E-state index contributed by atoms with van der Waals surface area (Å²) in [6.45, 7) is 1.36. The number of benzene rings is 1. The summed E-state index contributed by atoms with van der Waals surface area (Å²) in [6.07, 6.45) is 4.96. The average molecular weight is 267 g/mol. The van der Waals surface area contributed by atoms with E-state index < -0.39 is 0 Å². The molecule has 78 valence electrons. The van der Waals surface area contributed by atoms with Gasteiger partial charge in [0.15, 0.2) is 0 Å². The Morgan fingerprint density at radius 2 is 2.00 bits per heavy atom. The number of ether oxygens (including phenoxy) is 1. The van der Waals surface area contributed by atoms with E-state index in [-0.39, 0.29) is 5.97 Å². The van der Waals surface area contributed by atoms with Crippen molar-refractivity contribution in [3.63, 3.8) is 0 Å². The van der Waals surface area contributed by atoms with Crippen molar-refractivity contribution in [3.05, 3.63) is 52.7 Å². The summed E-state index contributed by atoms with van der Waals surface area (Å²) >= 11 is 3.35. The maximum atomic E-state index is 10.5. The molecule has 0 spiro atoms. The molecule has 0 N–H and O–H groups in total. The minimum absolute atomic E-state index is 0.328. The fraction of sp³-hybridized carbons (Fsp3) is 0.0833. The van der Waals surface area contributed by atoms with Gasteiger partial charge in [-0.1, -0.05) is 46.3 Å². The molecule has 0 aliphatic heterocycles. The van der Waals surface area contributed by atoms with Gasteiger partial charge in [-0.05, 0) is 17.7 Å². The first-order valence-electron chi connectivity index (χ1n) is 4.44. The van der Waals surface area contributed by atoms with Crippen LogP contribution in [0.3, 0.4) is 0 Å². The molecule has 1 aromatic rings. The zero-order valence-electron chi connectivity index (χ0n) is 8.31. The SMILES string of the molecule is CC(=O)O/C=C\C(Br)=C\c1ccccc1. The van der Waals surface area contributed by atoms with Crippen LogP contribution in [-0.4, -0.2) is 5.97 Å². The number of rotatable bonds is 3. The zero-order chi connectivity index (χ0) is 11.1. The molecular formula is C12H11BrO2. The molecule has 1 aromatic carbocycles. The molecule has 0 saturated carbocycles. The molecule has 0 radical (unpaired) electrons. The van der Waals surface area contributed by atoms with Crippen molar-refractivity contribution in [1.82, 2.24) is 0 Å². The van der Waals surface area contributed by atoms with Crippen LogP contribution in [0, 0.1) is 0 Å². The molecule has 0 atom stereocenters. The highest BCUT2D eigenvalue weighted by molar-refractivity contribution is 9.12. The van der Waals surface area contributed by atoms with E-state index in [1.807, 2.05) is 36.4 Å². The van der Waals surface area contributed by atoms with E-state index in [4.69, 9.17) is 0 Å². The highest BCUT2D eigenvalue weighted by Crippen LogP contribution is 2.13. The molecule has 0 heterocycles. The summed E-state index contributed by atoms with van der Waals surface area (Å²) in [7, 11) is 0. The van der Waals surface area contributed by atoms with Crippen LogP contribution in [0.1, 0.15) is 12.5 Å². The summed E-state index contributed by atoms with van der Waals surface area (Å²) in [5.41, 5.74) is 1.08. The lowest BCUT2D eigenvalue weighted by atomic mass is 10.2. The number of esters is 1. The standard InChI is InChI=1S/C12H11BrO2/c1-10(14)15-8-7-12(13)9-11-5-3-2-4-6-11/h2-9H,1H3/b8-7-,12-9-. The molecule has 0 aromatic heterocycles. The van der Waals surface area contributed by atoms with E-state index in [9.17, 15) is 4.79 Å². The van der Waals surface area contributed by atoms with Gasteiger partial charge in [0.05, 0.1) is 6.26 Å². The lowest BCUT2D eigenvalue weighted by Gasteiger charge is -1.93. The number of halogens is 1. The highest BCUT2D eigenvalue weighted by Gasteiger charge is 1.89. The second-order valence-corrected chi connectivity index (χ2v) is 3.77. The Kier molecular flexibility index (Phi) is 4.84. The molecule has 0 saturated heterocycles. The summed E-state index contributed by atoms with van der Waals surface area (Å²) in [5.74, 6) is -0.328. The molecule has 0 aliphatic rings. The number of hydrogen-bond acceptors (Lipinski definition) is 2. The maximum absolute atomic E-state index is 10.5. The van der Waals surface area contributed by atoms with Gasteiger partial charge in [0.1, 0.15) is 0 Å². The fourth-order valence-corrected chi connectivity index (χ4v) is 1.32. The second kappa shape index (κ2) is 6.19. The van der Waals surface area contributed by atoms with Crippen molar-refractivity contribution in [2.24, 2.45) is 0 Å². The largest absolute Gasteiger partial charge is 0.435 e. The molecular weight excluding hydrogens is 256 g/mol. The van der Waals surface area contributed by atoms with Gasteiger partial charge in [0.2, 0.25) is 0 Å². The maximum Gasteiger partial charge on any atom is 0.307 e. The summed E-state index contributed by atoms with van der Waals surface area (Å²) in [6, 6.07) is 9.85. The highest BCUT2D eigenvalue weighted by atomic mass is 79.9. The first kappa shape index (κ1) is 11.7. The molecule has 0 aliphatic carbocycles. The van der Waals surface area contributed by atoms with Crippen LogP contribution in [0.15, 0.2) is 47.2 Å². The lowest BCUT2D eigenvalue weighted by molar-refractivity contribution is -0.135. The smallest absolute Gasteiger partial charge is 0.307 e. The molecule has 3 heteroatoms. The van der Waals surface area contributed by atoms with Crippen LogP contribution in [0.4, 0.5) is 0 Å². The van der Waals surface area contributed by atoms with Crippen molar-refractivity contribution in [3.8, 4) is 0 Å². The molecule has 2 nitrogen and oxygen atoms in total. The van der Waals surface area contributed by atoms with Crippen LogP contribution in [0.5, 0.6) is 0 Å². The Balaban J connectivity index is 2.61. The Hall–Kier alpha value is -1.35. The molecule has 0 unspecified atom stereocenters. The molecule has 0 fully saturated rings. The van der Waals surface area contributed by atoms with Crippen LogP contribution in [-0.2, 0) is 9.53 Å². The average Bonchev–Trinajstić information content (AvgIpc) is 2.18. The van der Waals surface area contributed by atoms with E-state index in [1.54, 1.807) is 6.08 Å². The monoisotopic (exact) mass is 266 g/mol. The zero-order valence-corrected chi connectivity index (χ0v) is 9.90. The quantitative estimate of drug-likeness (QED) is 0.476. The number of carbonyl (C=O) groups excluding carboxylic acids is 1. The van der Waals surface area contributed by atoms with Crippen molar-refractivity contribution >= 4 is 28.0 Å². The molecule has 15 heavy (non-hydrogen) atoms. The Morgan fingerprint density at radius 3 is 2.60 bits per heavy atom. The number of hydrogen-bond donors (Lipinski definition) is 0. The predicted molar refractivity (Wildman–Crippen MR) is 64.3 cm³/mol.